The second-order valence-electron chi connectivity index (χ2n) is 3.27. The summed E-state index contributed by atoms with van der Waals surface area (Å²) in [6.45, 7) is 16.7. The molecule has 0 aromatic carbocycles. The molecule has 0 unspecified atom stereocenters. The minimum absolute atomic E-state index is 0. The third-order valence-electron chi connectivity index (χ3n) is 1.63. The van der Waals surface area contributed by atoms with Crippen LogP contribution in [-0.4, -0.2) is 0 Å². The van der Waals surface area contributed by atoms with E-state index in [0.717, 1.165) is 0 Å². The van der Waals surface area contributed by atoms with Crippen molar-refractivity contribution in [2.75, 3.05) is 0 Å². The summed E-state index contributed by atoms with van der Waals surface area (Å²) in [6, 6.07) is 0. The fourth-order valence-electron chi connectivity index (χ4n) is 0. The van der Waals surface area contributed by atoms with Crippen LogP contribution in [0.3, 0.4) is 0 Å². The average molecular weight is 320 g/mol. The summed E-state index contributed by atoms with van der Waals surface area (Å²) in [5.74, 6) is 0. The maximum Gasteiger partial charge on any atom is 4.00 e. The molecule has 0 radical (unpaired) electrons. The van der Waals surface area contributed by atoms with Crippen LogP contribution in [0.4, 0.5) is 0 Å². The number of hydrogen-bond donors (Lipinski definition) is 0. The van der Waals surface area contributed by atoms with Crippen LogP contribution in [0.1, 0.15) is 81.1 Å². The van der Waals surface area contributed by atoms with Gasteiger partial charge in [-0.15, -0.1) is 0 Å². The summed E-state index contributed by atoms with van der Waals surface area (Å²) in [5.41, 5.74) is 0. The predicted octanol–water partition coefficient (Wildman–Crippen LogP) is 6.48. The van der Waals surface area contributed by atoms with E-state index in [4.69, 9.17) is 0 Å². The first kappa shape index (κ1) is 30.7. The Morgan fingerprint density at radius 3 is 0.529 bits per heavy atom. The van der Waals surface area contributed by atoms with Gasteiger partial charge >= 0.3 is 26.2 Å². The van der Waals surface area contributed by atoms with Crippen LogP contribution >= 0.6 is 0 Å². The van der Waals surface area contributed by atoms with Crippen molar-refractivity contribution < 1.29 is 26.2 Å². The fourth-order valence-corrected chi connectivity index (χ4v) is 0. The van der Waals surface area contributed by atoms with Gasteiger partial charge in [-0.1, -0.05) is 27.7 Å². The Hall–Kier alpha value is 0.883. The van der Waals surface area contributed by atoms with E-state index in [1.807, 2.05) is 0 Å². The standard InChI is InChI=1S/4C4H9.Zr/c4*1-3-4-2;/h4*3H,4H2,1-2H3;/q4*-1;+4. The molecule has 0 nitrogen and oxygen atoms in total. The number of rotatable bonds is 4. The second-order valence-corrected chi connectivity index (χ2v) is 3.27. The van der Waals surface area contributed by atoms with Crippen molar-refractivity contribution in [3.05, 3.63) is 25.7 Å². The monoisotopic (exact) mass is 318 g/mol. The van der Waals surface area contributed by atoms with Crippen molar-refractivity contribution in [3.8, 4) is 0 Å². The van der Waals surface area contributed by atoms with E-state index in [9.17, 15) is 0 Å². The van der Waals surface area contributed by atoms with Gasteiger partial charge in [0, 0.05) is 0 Å². The Labute approximate surface area is 132 Å². The van der Waals surface area contributed by atoms with E-state index >= 15 is 0 Å². The maximum atomic E-state index is 2.12. The molecule has 104 valence electrons. The van der Waals surface area contributed by atoms with Crippen LogP contribution in [0.2, 0.25) is 0 Å². The smallest absolute Gasteiger partial charge is 0.332 e. The first-order valence-electron chi connectivity index (χ1n) is 6.77. The number of hydrogen-bond acceptors (Lipinski definition) is 0. The molecule has 0 aliphatic heterocycles. The van der Waals surface area contributed by atoms with Gasteiger partial charge in [0.05, 0.1) is 0 Å². The molecule has 0 saturated heterocycles. The normalized spacial score (nSPS) is 7.06. The van der Waals surface area contributed by atoms with Gasteiger partial charge in [0.25, 0.3) is 0 Å². The Bertz CT molecular complexity index is 29.5. The summed E-state index contributed by atoms with van der Waals surface area (Å²) < 4.78 is 0. The third-order valence-corrected chi connectivity index (χ3v) is 1.63. The Balaban J connectivity index is -0.0000000369. The van der Waals surface area contributed by atoms with Gasteiger partial charge in [0.1, 0.15) is 0 Å². The van der Waals surface area contributed by atoms with Gasteiger partial charge in [-0.25, -0.2) is 0 Å². The van der Waals surface area contributed by atoms with Gasteiger partial charge in [-0.3, -0.25) is 0 Å². The van der Waals surface area contributed by atoms with Gasteiger partial charge < -0.3 is 25.7 Å². The van der Waals surface area contributed by atoms with Crippen molar-refractivity contribution in [1.29, 1.82) is 0 Å². The molecule has 0 spiro atoms. The van der Waals surface area contributed by atoms with Crippen molar-refractivity contribution in [3.63, 3.8) is 0 Å². The van der Waals surface area contributed by atoms with Gasteiger partial charge in [-0.2, -0.15) is 53.4 Å². The van der Waals surface area contributed by atoms with Crippen molar-refractivity contribution >= 4 is 0 Å². The maximum absolute atomic E-state index is 2.12. The number of unbranched alkanes of at least 4 members (excludes halogenated alkanes) is 4. The van der Waals surface area contributed by atoms with Crippen molar-refractivity contribution in [1.82, 2.24) is 0 Å². The molecular formula is C16H36Zr. The summed E-state index contributed by atoms with van der Waals surface area (Å²) in [6.07, 6.45) is 13.3. The molecule has 0 atom stereocenters. The van der Waals surface area contributed by atoms with E-state index < -0.39 is 0 Å². The Morgan fingerprint density at radius 2 is 0.529 bits per heavy atom. The molecule has 0 saturated carbocycles. The largest absolute Gasteiger partial charge is 4.00 e. The van der Waals surface area contributed by atoms with Crippen LogP contribution in [0.15, 0.2) is 0 Å². The van der Waals surface area contributed by atoms with Crippen LogP contribution < -0.4 is 0 Å². The molecule has 0 heterocycles. The summed E-state index contributed by atoms with van der Waals surface area (Å²) in [4.78, 5) is 0. The molecule has 0 fully saturated rings. The quantitative estimate of drug-likeness (QED) is 0.520. The zero-order valence-corrected chi connectivity index (χ0v) is 16.1. The molecule has 17 heavy (non-hydrogen) atoms. The molecule has 0 aromatic heterocycles. The predicted molar refractivity (Wildman–Crippen MR) is 81.1 cm³/mol. The first-order valence-corrected chi connectivity index (χ1v) is 6.77. The minimum atomic E-state index is 0. The molecule has 0 aliphatic carbocycles. The molecule has 1 heteroatoms. The summed E-state index contributed by atoms with van der Waals surface area (Å²) in [5, 5.41) is 0. The van der Waals surface area contributed by atoms with Crippen LogP contribution in [0, 0.1) is 25.7 Å². The molecule has 0 aliphatic rings. The van der Waals surface area contributed by atoms with E-state index in [0.29, 0.717) is 0 Å². The van der Waals surface area contributed by atoms with E-state index in [2.05, 4.69) is 81.1 Å². The van der Waals surface area contributed by atoms with E-state index in [1.165, 1.54) is 25.7 Å². The summed E-state index contributed by atoms with van der Waals surface area (Å²) >= 11 is 0. The SMILES string of the molecule is C[CH-]CC.C[CH-]CC.C[CH-]CC.C[CH-]CC.[Zr+4]. The average Bonchev–Trinajstić information content (AvgIpc) is 2.39. The van der Waals surface area contributed by atoms with E-state index in [1.54, 1.807) is 0 Å². The van der Waals surface area contributed by atoms with Crippen molar-refractivity contribution in [2.45, 2.75) is 81.1 Å². The molecular weight excluding hydrogens is 283 g/mol. The summed E-state index contributed by atoms with van der Waals surface area (Å²) in [7, 11) is 0. The fraction of sp³-hybridized carbons (Fsp3) is 0.750. The second kappa shape index (κ2) is 54.0. The Kier molecular flexibility index (Phi) is 97.5. The van der Waals surface area contributed by atoms with Gasteiger partial charge in [0.2, 0.25) is 0 Å². The first-order chi connectivity index (χ1) is 7.66. The zero-order valence-electron chi connectivity index (χ0n) is 13.6. The molecule has 0 amide bonds. The minimum Gasteiger partial charge on any atom is -0.332 e. The third kappa shape index (κ3) is 157. The van der Waals surface area contributed by atoms with Gasteiger partial charge in [0.15, 0.2) is 0 Å². The van der Waals surface area contributed by atoms with Crippen LogP contribution in [0.25, 0.3) is 0 Å². The molecule has 0 bridgehead atoms. The molecule has 0 rings (SSSR count). The van der Waals surface area contributed by atoms with Crippen LogP contribution in [0.5, 0.6) is 0 Å². The Morgan fingerprint density at radius 1 is 0.471 bits per heavy atom. The molecule has 0 aromatic rings. The van der Waals surface area contributed by atoms with Gasteiger partial charge in [-0.05, 0) is 0 Å². The van der Waals surface area contributed by atoms with Crippen LogP contribution in [-0.2, 0) is 26.2 Å². The van der Waals surface area contributed by atoms with E-state index in [-0.39, 0.29) is 26.2 Å². The topological polar surface area (TPSA) is 0 Å². The van der Waals surface area contributed by atoms with Crippen molar-refractivity contribution in [2.24, 2.45) is 0 Å². The zero-order chi connectivity index (χ0) is 13.7. The molecule has 0 N–H and O–H groups in total.